The van der Waals surface area contributed by atoms with Gasteiger partial charge < -0.3 is 5.11 Å². The van der Waals surface area contributed by atoms with E-state index < -0.39 is 56.1 Å². The number of halogens is 5. The maximum Gasteiger partial charge on any atom is 0.200 e. The topological polar surface area (TPSA) is 20.2 Å². The lowest BCUT2D eigenvalue weighted by atomic mass is 9.95. The van der Waals surface area contributed by atoms with Crippen LogP contribution in [0.5, 0.6) is 0 Å². The van der Waals surface area contributed by atoms with Crippen molar-refractivity contribution in [2.24, 2.45) is 0 Å². The molecule has 192 valence electrons. The highest BCUT2D eigenvalue weighted by molar-refractivity contribution is 7.62. The first kappa shape index (κ1) is 30.7. The van der Waals surface area contributed by atoms with Crippen molar-refractivity contribution in [2.75, 3.05) is 12.3 Å². The van der Waals surface area contributed by atoms with Crippen molar-refractivity contribution in [1.29, 1.82) is 0 Å². The van der Waals surface area contributed by atoms with Gasteiger partial charge >= 0.3 is 0 Å². The Bertz CT molecular complexity index is 767. The zero-order valence-corrected chi connectivity index (χ0v) is 23.9. The summed E-state index contributed by atoms with van der Waals surface area (Å²) >= 11 is 0. The van der Waals surface area contributed by atoms with Gasteiger partial charge in [0.1, 0.15) is 5.60 Å². The molecule has 0 bridgehead atoms. The maximum absolute atomic E-state index is 15.1. The van der Waals surface area contributed by atoms with Gasteiger partial charge in [0, 0.05) is 12.3 Å². The van der Waals surface area contributed by atoms with Crippen molar-refractivity contribution < 1.29 is 27.1 Å². The third kappa shape index (κ3) is 6.89. The molecule has 33 heavy (non-hydrogen) atoms. The molecule has 0 fully saturated rings. The van der Waals surface area contributed by atoms with E-state index in [1.807, 2.05) is 83.1 Å². The molecule has 0 aliphatic rings. The van der Waals surface area contributed by atoms with Crippen molar-refractivity contribution in [3.8, 4) is 0 Å². The lowest BCUT2D eigenvalue weighted by molar-refractivity contribution is 0.0739. The Morgan fingerprint density at radius 2 is 0.697 bits per heavy atom. The lowest BCUT2D eigenvalue weighted by Crippen LogP contribution is -2.44. The third-order valence-corrected chi connectivity index (χ3v) is 13.9. The normalized spacial score (nSPS) is 14.5. The van der Waals surface area contributed by atoms with Crippen LogP contribution in [-0.2, 0) is 5.60 Å². The Labute approximate surface area is 199 Å². The fraction of sp³-hybridized carbons (Fsp3) is 0.760. The van der Waals surface area contributed by atoms with Crippen LogP contribution in [0.1, 0.15) is 88.6 Å². The third-order valence-electron chi connectivity index (χ3n) is 5.75. The van der Waals surface area contributed by atoms with Crippen LogP contribution >= 0.6 is 15.8 Å². The Morgan fingerprint density at radius 3 is 0.909 bits per heavy atom. The van der Waals surface area contributed by atoms with Gasteiger partial charge in [-0.15, -0.1) is 0 Å². The van der Waals surface area contributed by atoms with Crippen molar-refractivity contribution in [1.82, 2.24) is 0 Å². The lowest BCUT2D eigenvalue weighted by Gasteiger charge is -2.50. The van der Waals surface area contributed by atoms with Crippen LogP contribution in [-0.4, -0.2) is 38.1 Å². The van der Waals surface area contributed by atoms with Crippen LogP contribution in [0.4, 0.5) is 22.0 Å². The highest BCUT2D eigenvalue weighted by Crippen LogP contribution is 2.66. The van der Waals surface area contributed by atoms with Gasteiger partial charge in [0.05, 0.1) is 5.56 Å². The van der Waals surface area contributed by atoms with Crippen molar-refractivity contribution >= 4 is 15.8 Å². The van der Waals surface area contributed by atoms with E-state index in [-0.39, 0.29) is 32.9 Å². The first-order valence-corrected chi connectivity index (χ1v) is 14.2. The molecule has 1 aromatic rings. The molecule has 0 aliphatic heterocycles. The summed E-state index contributed by atoms with van der Waals surface area (Å²) in [6, 6.07) is 0. The van der Waals surface area contributed by atoms with E-state index in [0.717, 1.165) is 0 Å². The van der Waals surface area contributed by atoms with Crippen LogP contribution in [0.25, 0.3) is 0 Å². The predicted octanol–water partition coefficient (Wildman–Crippen LogP) is 8.73. The smallest absolute Gasteiger partial charge is 0.200 e. The minimum absolute atomic E-state index is 0.0708. The summed E-state index contributed by atoms with van der Waals surface area (Å²) in [5.41, 5.74) is -3.32. The molecule has 0 saturated heterocycles. The molecule has 8 heteroatoms. The van der Waals surface area contributed by atoms with Crippen LogP contribution in [0.2, 0.25) is 0 Å². The van der Waals surface area contributed by atoms with Crippen molar-refractivity contribution in [2.45, 2.75) is 109 Å². The van der Waals surface area contributed by atoms with Crippen molar-refractivity contribution in [3.05, 3.63) is 34.6 Å². The number of benzene rings is 1. The second kappa shape index (κ2) is 9.62. The Kier molecular flexibility index (Phi) is 8.96. The Hall–Kier alpha value is -0.310. The molecule has 0 heterocycles. The first-order chi connectivity index (χ1) is 14.4. The zero-order valence-electron chi connectivity index (χ0n) is 22.1. The minimum Gasteiger partial charge on any atom is -0.384 e. The van der Waals surface area contributed by atoms with Crippen LogP contribution < -0.4 is 0 Å². The fourth-order valence-corrected chi connectivity index (χ4v) is 12.4. The Morgan fingerprint density at radius 1 is 0.485 bits per heavy atom. The standard InChI is InChI=1S/C25H41F5OP2/c1-21(2,3)32(22(4,5)6)13-25(31,14-33(23(7,8)9)24(10,11)12)15-16(26)18(28)20(30)19(29)17(15)27/h31H,13-14H2,1-12H3. The maximum atomic E-state index is 15.1. The molecule has 1 N–H and O–H groups in total. The second-order valence-corrected chi connectivity index (χ2v) is 20.5. The highest BCUT2D eigenvalue weighted by Gasteiger charge is 2.49. The van der Waals surface area contributed by atoms with E-state index in [1.54, 1.807) is 0 Å². The SMILES string of the molecule is CC(C)(C)P(CC(O)(CP(C(C)(C)C)C(C)(C)C)c1c(F)c(F)c(F)c(F)c1F)C(C)(C)C. The summed E-state index contributed by atoms with van der Waals surface area (Å²) in [4.78, 5) is 0. The molecule has 0 aliphatic carbocycles. The number of rotatable bonds is 5. The van der Waals surface area contributed by atoms with Crippen molar-refractivity contribution in [3.63, 3.8) is 0 Å². The minimum atomic E-state index is -2.22. The summed E-state index contributed by atoms with van der Waals surface area (Å²) in [5, 5.41) is 10.7. The molecule has 0 radical (unpaired) electrons. The molecule has 1 nitrogen and oxygen atoms in total. The number of hydrogen-bond acceptors (Lipinski definition) is 1. The van der Waals surface area contributed by atoms with Gasteiger partial charge in [-0.2, -0.15) is 0 Å². The van der Waals surface area contributed by atoms with Gasteiger partial charge in [-0.3, -0.25) is 0 Å². The molecule has 0 aromatic heterocycles. The molecule has 0 spiro atoms. The highest BCUT2D eigenvalue weighted by atomic mass is 31.1. The summed E-state index contributed by atoms with van der Waals surface area (Å²) in [7, 11) is -2.24. The molecule has 0 unspecified atom stereocenters. The molecule has 0 atom stereocenters. The van der Waals surface area contributed by atoms with Gasteiger partial charge in [0.2, 0.25) is 5.82 Å². The number of hydrogen-bond donors (Lipinski definition) is 1. The van der Waals surface area contributed by atoms with E-state index >= 15 is 8.78 Å². The molecule has 0 amide bonds. The Balaban J connectivity index is 3.99. The largest absolute Gasteiger partial charge is 0.384 e. The first-order valence-electron chi connectivity index (χ1n) is 11.2. The quantitative estimate of drug-likeness (QED) is 0.180. The van der Waals surface area contributed by atoms with Gasteiger partial charge in [0.15, 0.2) is 23.3 Å². The van der Waals surface area contributed by atoms with E-state index in [4.69, 9.17) is 0 Å². The summed E-state index contributed by atoms with van der Waals surface area (Å²) in [5.74, 6) is -10.1. The molecule has 0 saturated carbocycles. The zero-order chi connectivity index (χ0) is 26.5. The summed E-state index contributed by atoms with van der Waals surface area (Å²) in [6.07, 6.45) is -0.142. The van der Waals surface area contributed by atoms with E-state index in [9.17, 15) is 18.3 Å². The summed E-state index contributed by atoms with van der Waals surface area (Å²) < 4.78 is 72.7. The number of aliphatic hydroxyl groups is 1. The van der Waals surface area contributed by atoms with Gasteiger partial charge in [-0.25, -0.2) is 22.0 Å². The van der Waals surface area contributed by atoms with Gasteiger partial charge in [0.25, 0.3) is 0 Å². The van der Waals surface area contributed by atoms with E-state index in [2.05, 4.69) is 0 Å². The molecular weight excluding hydrogens is 473 g/mol. The van der Waals surface area contributed by atoms with Gasteiger partial charge in [-0.05, 0) is 20.6 Å². The second-order valence-electron chi connectivity index (χ2n) is 12.8. The van der Waals surface area contributed by atoms with Crippen LogP contribution in [0.15, 0.2) is 0 Å². The van der Waals surface area contributed by atoms with Gasteiger partial charge in [-0.1, -0.05) is 98.9 Å². The predicted molar refractivity (Wildman–Crippen MR) is 133 cm³/mol. The van der Waals surface area contributed by atoms with E-state index in [0.29, 0.717) is 0 Å². The molecule has 1 aromatic carbocycles. The fourth-order valence-electron chi connectivity index (χ4n) is 4.71. The molecular formula is C25H41F5OP2. The average Bonchev–Trinajstić information content (AvgIpc) is 2.57. The molecule has 1 rings (SSSR count). The average molecular weight is 515 g/mol. The van der Waals surface area contributed by atoms with E-state index in [1.165, 1.54) is 0 Å². The summed E-state index contributed by atoms with van der Waals surface area (Å²) in [6.45, 7) is 23.8. The monoisotopic (exact) mass is 514 g/mol. The van der Waals surface area contributed by atoms with Crippen LogP contribution in [0, 0.1) is 29.1 Å². The van der Waals surface area contributed by atoms with Crippen LogP contribution in [0.3, 0.4) is 0 Å².